The number of hydrogen-bond donors (Lipinski definition) is 3. The van der Waals surface area contributed by atoms with E-state index in [0.29, 0.717) is 0 Å². The first-order valence-corrected chi connectivity index (χ1v) is 4.07. The largest absolute Gasteiger partial charge is 0 e. The van der Waals surface area contributed by atoms with E-state index in [9.17, 15) is 0 Å². The SMILES string of the molecule is C.O=[As](O)(O)O.[Na]. The summed E-state index contributed by atoms with van der Waals surface area (Å²) in [6.45, 7) is 0. The minimum Gasteiger partial charge on any atom is 0 e. The molecule has 0 saturated carbocycles. The second kappa shape index (κ2) is 5.38. The van der Waals surface area contributed by atoms with Crippen LogP contribution in [-0.4, -0.2) is 56.4 Å². The molecule has 0 amide bonds. The Labute approximate surface area is 67.2 Å². The second-order valence-corrected chi connectivity index (χ2v) is 2.67. The van der Waals surface area contributed by atoms with Gasteiger partial charge in [0.25, 0.3) is 0 Å². The standard InChI is InChI=1S/CH4.AsH3O4.Na/c;2-1(3,4)5;/h1H4;(H3,2,3,4,5);. The molecule has 0 aromatic heterocycles. The Balaban J connectivity index is -0.0000000800. The molecule has 0 rings (SSSR count). The van der Waals surface area contributed by atoms with Crippen molar-refractivity contribution in [2.75, 3.05) is 0 Å². The van der Waals surface area contributed by atoms with Crippen LogP contribution in [0.2, 0.25) is 0 Å². The summed E-state index contributed by atoms with van der Waals surface area (Å²) in [5.41, 5.74) is 0. The fourth-order valence-corrected chi connectivity index (χ4v) is 0. The molecule has 0 unspecified atom stereocenters. The molecule has 3 N–H and O–H groups in total. The molecule has 4 nitrogen and oxygen atoms in total. The molecule has 0 saturated heterocycles. The van der Waals surface area contributed by atoms with Crippen molar-refractivity contribution in [1.29, 1.82) is 0 Å². The summed E-state index contributed by atoms with van der Waals surface area (Å²) in [4.78, 5) is 0. The van der Waals surface area contributed by atoms with Crippen LogP contribution in [0.15, 0.2) is 0 Å². The number of hydrogen-bond acceptors (Lipinski definition) is 1. The molecule has 0 atom stereocenters. The minimum atomic E-state index is -5.12. The third-order valence-electron chi connectivity index (χ3n) is 0. The van der Waals surface area contributed by atoms with Gasteiger partial charge in [-0.2, -0.15) is 0 Å². The zero-order chi connectivity index (χ0) is 4.50. The third-order valence-corrected chi connectivity index (χ3v) is 0. The van der Waals surface area contributed by atoms with Crippen molar-refractivity contribution in [2.45, 2.75) is 7.43 Å². The van der Waals surface area contributed by atoms with Crippen LogP contribution >= 0.6 is 0 Å². The second-order valence-electron chi connectivity index (χ2n) is 0.513. The first-order chi connectivity index (χ1) is 2.00. The topological polar surface area (TPSA) is 77.8 Å². The van der Waals surface area contributed by atoms with Gasteiger partial charge >= 0.3 is 30.5 Å². The first-order valence-electron chi connectivity index (χ1n) is 0.783. The maximum absolute atomic E-state index is 8.94. The van der Waals surface area contributed by atoms with Crippen LogP contribution in [0.4, 0.5) is 0 Å². The van der Waals surface area contributed by atoms with Crippen LogP contribution in [0.1, 0.15) is 7.43 Å². The molecule has 0 heterocycles. The molecule has 41 valence electrons. The van der Waals surface area contributed by atoms with Crippen LogP contribution in [0.3, 0.4) is 0 Å². The molecule has 7 heavy (non-hydrogen) atoms. The number of rotatable bonds is 0. The summed E-state index contributed by atoms with van der Waals surface area (Å²) < 4.78 is 30.7. The predicted octanol–water partition coefficient (Wildman–Crippen LogP) is -1.92. The van der Waals surface area contributed by atoms with Gasteiger partial charge in [0.1, 0.15) is 0 Å². The summed E-state index contributed by atoms with van der Waals surface area (Å²) in [5, 5.41) is 0. The van der Waals surface area contributed by atoms with Gasteiger partial charge in [-0.15, -0.1) is 0 Å². The van der Waals surface area contributed by atoms with Crippen molar-refractivity contribution >= 4 is 44.1 Å². The Hall–Kier alpha value is 1.24. The Morgan fingerprint density at radius 1 is 1.14 bits per heavy atom. The normalized spacial score (nSPS) is 8.43. The third kappa shape index (κ3) is 130. The van der Waals surface area contributed by atoms with Crippen LogP contribution in [0.25, 0.3) is 0 Å². The van der Waals surface area contributed by atoms with E-state index in [1.807, 2.05) is 0 Å². The van der Waals surface area contributed by atoms with Crippen molar-refractivity contribution in [3.05, 3.63) is 0 Å². The maximum atomic E-state index is 8.94. The van der Waals surface area contributed by atoms with E-state index < -0.39 is 14.5 Å². The summed E-state index contributed by atoms with van der Waals surface area (Å²) in [6.07, 6.45) is 0. The van der Waals surface area contributed by atoms with E-state index in [1.54, 1.807) is 0 Å². The summed E-state index contributed by atoms with van der Waals surface area (Å²) >= 11 is -5.12. The molecule has 0 aromatic carbocycles. The molecule has 0 aliphatic rings. The van der Waals surface area contributed by atoms with E-state index in [0.717, 1.165) is 0 Å². The molecule has 0 aliphatic carbocycles. The molecule has 0 spiro atoms. The summed E-state index contributed by atoms with van der Waals surface area (Å²) in [6, 6.07) is 0. The minimum absolute atomic E-state index is 0. The first kappa shape index (κ1) is 15.7. The maximum Gasteiger partial charge on any atom is 0 e. The van der Waals surface area contributed by atoms with Gasteiger partial charge in [0.05, 0.1) is 0 Å². The summed E-state index contributed by atoms with van der Waals surface area (Å²) in [5.74, 6) is 0. The van der Waals surface area contributed by atoms with Gasteiger partial charge < -0.3 is 0 Å². The van der Waals surface area contributed by atoms with Crippen LogP contribution in [0, 0.1) is 0 Å². The van der Waals surface area contributed by atoms with E-state index in [2.05, 4.69) is 0 Å². The molecule has 1 radical (unpaired) electrons. The van der Waals surface area contributed by atoms with Crippen molar-refractivity contribution < 1.29 is 16.0 Å². The van der Waals surface area contributed by atoms with E-state index in [4.69, 9.17) is 16.0 Å². The van der Waals surface area contributed by atoms with Crippen molar-refractivity contribution in [3.8, 4) is 0 Å². The monoisotopic (exact) mass is 181 g/mol. The fraction of sp³-hybridized carbons (Fsp3) is 1.00. The average molecular weight is 181 g/mol. The summed E-state index contributed by atoms with van der Waals surface area (Å²) in [7, 11) is 0. The Bertz CT molecular complexity index is 57.8. The van der Waals surface area contributed by atoms with E-state index in [-0.39, 0.29) is 37.0 Å². The predicted molar refractivity (Wildman–Crippen MR) is 25.6 cm³/mol. The molecule has 0 bridgehead atoms. The average Bonchev–Trinajstić information content (AvgIpc) is 0.722. The quantitative estimate of drug-likeness (QED) is 0.381. The van der Waals surface area contributed by atoms with Gasteiger partial charge in [-0.3, -0.25) is 0 Å². The van der Waals surface area contributed by atoms with Gasteiger partial charge in [0.15, 0.2) is 0 Å². The molecular weight excluding hydrogens is 174 g/mol. The zero-order valence-corrected chi connectivity index (χ0v) is 7.07. The smallest absolute Gasteiger partial charge is 0 e. The zero-order valence-electron chi connectivity index (χ0n) is 3.20. The molecule has 0 aromatic rings. The Morgan fingerprint density at radius 2 is 1.14 bits per heavy atom. The molecule has 0 aliphatic heterocycles. The van der Waals surface area contributed by atoms with Crippen LogP contribution < -0.4 is 0 Å². The van der Waals surface area contributed by atoms with Gasteiger partial charge in [-0.1, -0.05) is 7.43 Å². The van der Waals surface area contributed by atoms with Gasteiger partial charge in [0.2, 0.25) is 0 Å². The molecule has 0 fully saturated rings. The van der Waals surface area contributed by atoms with Crippen molar-refractivity contribution in [3.63, 3.8) is 0 Å². The van der Waals surface area contributed by atoms with Crippen molar-refractivity contribution in [2.24, 2.45) is 0 Å². The Morgan fingerprint density at radius 3 is 1.14 bits per heavy atom. The molecule has 6 heteroatoms. The van der Waals surface area contributed by atoms with Crippen molar-refractivity contribution in [1.82, 2.24) is 0 Å². The van der Waals surface area contributed by atoms with Gasteiger partial charge in [-0.25, -0.2) is 0 Å². The van der Waals surface area contributed by atoms with Gasteiger partial charge in [-0.05, 0) is 0 Å². The van der Waals surface area contributed by atoms with Gasteiger partial charge in [0, 0.05) is 29.6 Å². The fourth-order valence-electron chi connectivity index (χ4n) is 0. The van der Waals surface area contributed by atoms with Crippen LogP contribution in [0.5, 0.6) is 0 Å². The van der Waals surface area contributed by atoms with E-state index in [1.165, 1.54) is 0 Å². The van der Waals surface area contributed by atoms with E-state index >= 15 is 0 Å². The molecular formula is CH7AsNaO4. The Kier molecular flexibility index (Phi) is 12.1. The van der Waals surface area contributed by atoms with Crippen LogP contribution in [-0.2, 0) is 3.74 Å².